The number of carbonyl (C=O) groups excluding carboxylic acids is 1. The summed E-state index contributed by atoms with van der Waals surface area (Å²) in [6.45, 7) is 0.451. The third-order valence-electron chi connectivity index (χ3n) is 4.47. The number of rotatable bonds is 7. The molecule has 0 fully saturated rings. The molecule has 26 heavy (non-hydrogen) atoms. The molecule has 3 nitrogen and oxygen atoms in total. The van der Waals surface area contributed by atoms with Gasteiger partial charge in [-0.1, -0.05) is 91.0 Å². The van der Waals surface area contributed by atoms with Crippen molar-refractivity contribution < 1.29 is 9.90 Å². The first-order chi connectivity index (χ1) is 12.7. The van der Waals surface area contributed by atoms with E-state index in [4.69, 9.17) is 0 Å². The first kappa shape index (κ1) is 17.9. The summed E-state index contributed by atoms with van der Waals surface area (Å²) in [6, 6.07) is 28.9. The molecule has 3 aromatic rings. The lowest BCUT2D eigenvalue weighted by molar-refractivity contribution is -0.128. The molecule has 0 aliphatic heterocycles. The normalized spacial score (nSPS) is 13.0. The summed E-state index contributed by atoms with van der Waals surface area (Å²) in [5.41, 5.74) is 2.82. The van der Waals surface area contributed by atoms with Crippen molar-refractivity contribution in [3.8, 4) is 0 Å². The summed E-state index contributed by atoms with van der Waals surface area (Å²) >= 11 is 0. The summed E-state index contributed by atoms with van der Waals surface area (Å²) in [6.07, 6.45) is -0.371. The van der Waals surface area contributed by atoms with Crippen LogP contribution in [0.2, 0.25) is 0 Å². The Morgan fingerprint density at radius 2 is 1.27 bits per heavy atom. The molecule has 0 aliphatic rings. The van der Waals surface area contributed by atoms with Crippen molar-refractivity contribution in [1.82, 2.24) is 5.32 Å². The maximum Gasteiger partial charge on any atom is 0.226 e. The fraction of sp³-hybridized carbons (Fsp3) is 0.174. The van der Waals surface area contributed by atoms with Gasteiger partial charge in [-0.15, -0.1) is 0 Å². The van der Waals surface area contributed by atoms with E-state index in [1.165, 1.54) is 0 Å². The quantitative estimate of drug-likeness (QED) is 0.682. The van der Waals surface area contributed by atoms with Gasteiger partial charge in [-0.2, -0.15) is 0 Å². The van der Waals surface area contributed by atoms with Crippen LogP contribution >= 0.6 is 0 Å². The highest BCUT2D eigenvalue weighted by molar-refractivity contribution is 5.79. The van der Waals surface area contributed by atoms with E-state index in [0.717, 1.165) is 16.7 Å². The molecule has 1 amide bonds. The lowest BCUT2D eigenvalue weighted by Crippen LogP contribution is -2.35. The second-order valence-corrected chi connectivity index (χ2v) is 6.36. The SMILES string of the molecule is O=C(NCc1ccccc1)C(Cc1ccccc1)[C@@H](O)c1ccccc1. The topological polar surface area (TPSA) is 49.3 Å². The van der Waals surface area contributed by atoms with Gasteiger partial charge in [0.15, 0.2) is 0 Å². The summed E-state index contributed by atoms with van der Waals surface area (Å²) in [5, 5.41) is 13.8. The molecule has 3 rings (SSSR count). The van der Waals surface area contributed by atoms with Crippen molar-refractivity contribution in [2.75, 3.05) is 0 Å². The molecule has 0 spiro atoms. The number of aliphatic hydroxyl groups is 1. The number of nitrogens with one attached hydrogen (secondary N) is 1. The smallest absolute Gasteiger partial charge is 0.226 e. The van der Waals surface area contributed by atoms with Crippen LogP contribution in [0.1, 0.15) is 22.8 Å². The molecular formula is C23H23NO2. The zero-order chi connectivity index (χ0) is 18.2. The standard InChI is InChI=1S/C23H23NO2/c25-22(20-14-8-3-9-15-20)21(16-18-10-4-1-5-11-18)23(26)24-17-19-12-6-2-7-13-19/h1-15,21-22,25H,16-17H2,(H,24,26)/t21?,22-/m0/s1. The Morgan fingerprint density at radius 1 is 0.769 bits per heavy atom. The first-order valence-corrected chi connectivity index (χ1v) is 8.82. The zero-order valence-electron chi connectivity index (χ0n) is 14.6. The van der Waals surface area contributed by atoms with Crippen molar-refractivity contribution >= 4 is 5.91 Å². The molecule has 0 bridgehead atoms. The van der Waals surface area contributed by atoms with E-state index in [2.05, 4.69) is 5.32 Å². The minimum Gasteiger partial charge on any atom is -0.388 e. The number of aliphatic hydroxyl groups excluding tert-OH is 1. The van der Waals surface area contributed by atoms with Crippen molar-refractivity contribution in [2.24, 2.45) is 5.92 Å². The van der Waals surface area contributed by atoms with Gasteiger partial charge in [-0.3, -0.25) is 4.79 Å². The monoisotopic (exact) mass is 345 g/mol. The molecule has 132 valence electrons. The molecule has 3 heteroatoms. The lowest BCUT2D eigenvalue weighted by atomic mass is 9.89. The summed E-state index contributed by atoms with van der Waals surface area (Å²) in [4.78, 5) is 12.9. The van der Waals surface area contributed by atoms with Gasteiger partial charge < -0.3 is 10.4 Å². The summed E-state index contributed by atoms with van der Waals surface area (Å²) in [7, 11) is 0. The molecule has 0 saturated carbocycles. The van der Waals surface area contributed by atoms with Crippen molar-refractivity contribution in [2.45, 2.75) is 19.1 Å². The molecule has 1 unspecified atom stereocenters. The number of benzene rings is 3. The molecule has 3 aromatic carbocycles. The lowest BCUT2D eigenvalue weighted by Gasteiger charge is -2.23. The average molecular weight is 345 g/mol. The minimum absolute atomic E-state index is 0.144. The number of hydrogen-bond donors (Lipinski definition) is 2. The van der Waals surface area contributed by atoms with Gasteiger partial charge in [0.2, 0.25) is 5.91 Å². The third kappa shape index (κ3) is 4.80. The van der Waals surface area contributed by atoms with Gasteiger partial charge in [0, 0.05) is 6.54 Å². The van der Waals surface area contributed by atoms with Gasteiger partial charge >= 0.3 is 0 Å². The van der Waals surface area contributed by atoms with Crippen LogP contribution in [0.5, 0.6) is 0 Å². The van der Waals surface area contributed by atoms with E-state index in [1.54, 1.807) is 0 Å². The van der Waals surface area contributed by atoms with Gasteiger partial charge in [-0.05, 0) is 23.1 Å². The molecule has 0 heterocycles. The summed E-state index contributed by atoms with van der Waals surface area (Å²) < 4.78 is 0. The second-order valence-electron chi connectivity index (χ2n) is 6.36. The largest absolute Gasteiger partial charge is 0.388 e. The highest BCUT2D eigenvalue weighted by Gasteiger charge is 2.28. The van der Waals surface area contributed by atoms with E-state index >= 15 is 0 Å². The van der Waals surface area contributed by atoms with E-state index < -0.39 is 12.0 Å². The van der Waals surface area contributed by atoms with E-state index in [0.29, 0.717) is 13.0 Å². The second kappa shape index (κ2) is 8.97. The molecule has 0 aliphatic carbocycles. The maximum atomic E-state index is 12.9. The van der Waals surface area contributed by atoms with Crippen molar-refractivity contribution in [3.63, 3.8) is 0 Å². The van der Waals surface area contributed by atoms with Crippen LogP contribution in [-0.2, 0) is 17.8 Å². The van der Waals surface area contributed by atoms with Crippen LogP contribution in [0.25, 0.3) is 0 Å². The van der Waals surface area contributed by atoms with Crippen LogP contribution in [0.15, 0.2) is 91.0 Å². The highest BCUT2D eigenvalue weighted by atomic mass is 16.3. The average Bonchev–Trinajstić information content (AvgIpc) is 2.72. The van der Waals surface area contributed by atoms with Crippen LogP contribution in [0.3, 0.4) is 0 Å². The Morgan fingerprint density at radius 3 is 1.85 bits per heavy atom. The molecule has 2 N–H and O–H groups in total. The highest BCUT2D eigenvalue weighted by Crippen LogP contribution is 2.25. The van der Waals surface area contributed by atoms with Gasteiger partial charge in [0.05, 0.1) is 12.0 Å². The fourth-order valence-electron chi connectivity index (χ4n) is 3.01. The van der Waals surface area contributed by atoms with Crippen LogP contribution < -0.4 is 5.32 Å². The first-order valence-electron chi connectivity index (χ1n) is 8.82. The molecule has 0 saturated heterocycles. The van der Waals surface area contributed by atoms with E-state index in [1.807, 2.05) is 91.0 Å². The van der Waals surface area contributed by atoms with Crippen LogP contribution in [-0.4, -0.2) is 11.0 Å². The van der Waals surface area contributed by atoms with Gasteiger partial charge in [0.1, 0.15) is 0 Å². The minimum atomic E-state index is -0.854. The molecule has 2 atom stereocenters. The fourth-order valence-corrected chi connectivity index (χ4v) is 3.01. The Labute approximate surface area is 154 Å². The van der Waals surface area contributed by atoms with Crippen molar-refractivity contribution in [1.29, 1.82) is 0 Å². The Hall–Kier alpha value is -2.91. The van der Waals surface area contributed by atoms with Crippen LogP contribution in [0.4, 0.5) is 0 Å². The maximum absolute atomic E-state index is 12.9. The molecular weight excluding hydrogens is 322 g/mol. The molecule has 0 aromatic heterocycles. The predicted molar refractivity (Wildman–Crippen MR) is 103 cm³/mol. The Balaban J connectivity index is 1.76. The summed E-state index contributed by atoms with van der Waals surface area (Å²) in [5.74, 6) is -0.697. The number of amides is 1. The van der Waals surface area contributed by atoms with E-state index in [-0.39, 0.29) is 5.91 Å². The van der Waals surface area contributed by atoms with E-state index in [9.17, 15) is 9.90 Å². The Kier molecular flexibility index (Phi) is 6.18. The number of hydrogen-bond acceptors (Lipinski definition) is 2. The predicted octanol–water partition coefficient (Wildman–Crippen LogP) is 3.90. The third-order valence-corrected chi connectivity index (χ3v) is 4.47. The zero-order valence-corrected chi connectivity index (χ0v) is 14.6. The van der Waals surface area contributed by atoms with Gasteiger partial charge in [-0.25, -0.2) is 0 Å². The van der Waals surface area contributed by atoms with Gasteiger partial charge in [0.25, 0.3) is 0 Å². The van der Waals surface area contributed by atoms with Crippen molar-refractivity contribution in [3.05, 3.63) is 108 Å². The Bertz CT molecular complexity index is 803. The number of carbonyl (C=O) groups is 1. The molecule has 0 radical (unpaired) electrons. The van der Waals surface area contributed by atoms with Crippen LogP contribution in [0, 0.1) is 5.92 Å².